The molecule has 0 N–H and O–H groups in total. The first-order valence-corrected chi connectivity index (χ1v) is 7.46. The number of ether oxygens (including phenoxy) is 1. The van der Waals surface area contributed by atoms with Crippen molar-refractivity contribution < 1.29 is 14.1 Å². The molecular weight excluding hydrogens is 256 g/mol. The smallest absolute Gasteiger partial charge is 0.254 e. The van der Waals surface area contributed by atoms with Crippen molar-refractivity contribution >= 4 is 5.91 Å². The lowest BCUT2D eigenvalue weighted by atomic mass is 9.96. The highest BCUT2D eigenvalue weighted by Gasteiger charge is 2.40. The molecule has 5 heteroatoms. The van der Waals surface area contributed by atoms with Gasteiger partial charge in [-0.25, -0.2) is 0 Å². The molecule has 2 heterocycles. The summed E-state index contributed by atoms with van der Waals surface area (Å²) in [4.78, 5) is 14.2. The summed E-state index contributed by atoms with van der Waals surface area (Å²) < 4.78 is 11.0. The third-order valence-electron chi connectivity index (χ3n) is 4.44. The molecular formula is C15H22N2O3. The molecule has 1 fully saturated rings. The Hall–Kier alpha value is -1.36. The van der Waals surface area contributed by atoms with Gasteiger partial charge in [-0.1, -0.05) is 5.16 Å². The average Bonchev–Trinajstić information content (AvgIpc) is 3.06. The van der Waals surface area contributed by atoms with Gasteiger partial charge >= 0.3 is 0 Å². The molecule has 0 radical (unpaired) electrons. The van der Waals surface area contributed by atoms with Crippen molar-refractivity contribution in [1.82, 2.24) is 10.1 Å². The molecule has 0 unspecified atom stereocenters. The van der Waals surface area contributed by atoms with E-state index in [2.05, 4.69) is 5.16 Å². The quantitative estimate of drug-likeness (QED) is 0.849. The largest absolute Gasteiger partial charge is 0.365 e. The van der Waals surface area contributed by atoms with Gasteiger partial charge in [-0.2, -0.15) is 0 Å². The number of rotatable bonds is 3. The first-order valence-electron chi connectivity index (χ1n) is 7.46. The van der Waals surface area contributed by atoms with Gasteiger partial charge in [0.25, 0.3) is 5.91 Å². The van der Waals surface area contributed by atoms with Crippen LogP contribution < -0.4 is 0 Å². The second kappa shape index (κ2) is 5.20. The van der Waals surface area contributed by atoms with Crippen molar-refractivity contribution in [3.05, 3.63) is 17.0 Å². The van der Waals surface area contributed by atoms with E-state index in [0.717, 1.165) is 37.1 Å². The molecule has 1 saturated heterocycles. The molecule has 0 saturated carbocycles. The number of carbonyl (C=O) groups is 1. The van der Waals surface area contributed by atoms with Crippen molar-refractivity contribution in [3.8, 4) is 0 Å². The fourth-order valence-electron chi connectivity index (χ4n) is 3.22. The maximum absolute atomic E-state index is 12.5. The minimum atomic E-state index is -0.654. The van der Waals surface area contributed by atoms with Gasteiger partial charge in [-0.15, -0.1) is 0 Å². The molecule has 3 rings (SSSR count). The van der Waals surface area contributed by atoms with Crippen LogP contribution in [0.25, 0.3) is 0 Å². The predicted octanol–water partition coefficient (Wildman–Crippen LogP) is 2.08. The second-order valence-corrected chi connectivity index (χ2v) is 6.08. The van der Waals surface area contributed by atoms with Crippen LogP contribution in [0.2, 0.25) is 0 Å². The summed E-state index contributed by atoms with van der Waals surface area (Å²) in [6, 6.07) is 0. The van der Waals surface area contributed by atoms with Gasteiger partial charge < -0.3 is 14.2 Å². The van der Waals surface area contributed by atoms with E-state index >= 15 is 0 Å². The summed E-state index contributed by atoms with van der Waals surface area (Å²) in [6.45, 7) is 3.07. The molecule has 20 heavy (non-hydrogen) atoms. The number of carbonyl (C=O) groups excluding carboxylic acids is 1. The molecule has 5 nitrogen and oxygen atoms in total. The maximum Gasteiger partial charge on any atom is 0.254 e. The Morgan fingerprint density at radius 2 is 2.15 bits per heavy atom. The summed E-state index contributed by atoms with van der Waals surface area (Å²) in [5.41, 5.74) is 1.48. The molecule has 1 aromatic heterocycles. The second-order valence-electron chi connectivity index (χ2n) is 6.08. The van der Waals surface area contributed by atoms with Crippen molar-refractivity contribution in [1.29, 1.82) is 0 Å². The molecule has 1 amide bonds. The highest BCUT2D eigenvalue weighted by Crippen LogP contribution is 2.29. The fraction of sp³-hybridized carbons (Fsp3) is 0.733. The number of hydrogen-bond donors (Lipinski definition) is 0. The number of amides is 1. The Balaban J connectivity index is 1.71. The van der Waals surface area contributed by atoms with Gasteiger partial charge in [0.1, 0.15) is 17.1 Å². The van der Waals surface area contributed by atoms with Gasteiger partial charge in [0.05, 0.1) is 6.54 Å². The van der Waals surface area contributed by atoms with Crippen LogP contribution >= 0.6 is 0 Å². The monoisotopic (exact) mass is 278 g/mol. The van der Waals surface area contributed by atoms with Crippen LogP contribution in [-0.4, -0.2) is 35.2 Å². The number of aryl methyl sites for hydroxylation is 1. The molecule has 1 aromatic rings. The predicted molar refractivity (Wildman–Crippen MR) is 73.2 cm³/mol. The molecule has 1 atom stereocenters. The van der Waals surface area contributed by atoms with Crippen LogP contribution in [0.15, 0.2) is 4.52 Å². The van der Waals surface area contributed by atoms with E-state index in [1.165, 1.54) is 18.4 Å². The Morgan fingerprint density at radius 1 is 1.35 bits per heavy atom. The zero-order valence-corrected chi connectivity index (χ0v) is 12.3. The number of hydrogen-bond acceptors (Lipinski definition) is 4. The van der Waals surface area contributed by atoms with Crippen molar-refractivity contribution in [2.75, 3.05) is 13.7 Å². The molecule has 0 spiro atoms. The van der Waals surface area contributed by atoms with E-state index in [4.69, 9.17) is 9.26 Å². The molecule has 0 bridgehead atoms. The van der Waals surface area contributed by atoms with Crippen molar-refractivity contribution in [2.45, 2.75) is 57.6 Å². The zero-order valence-electron chi connectivity index (χ0n) is 12.3. The van der Waals surface area contributed by atoms with E-state index in [-0.39, 0.29) is 5.91 Å². The van der Waals surface area contributed by atoms with Crippen LogP contribution in [-0.2, 0) is 28.9 Å². The third-order valence-corrected chi connectivity index (χ3v) is 4.44. The number of likely N-dealkylation sites (N-methyl/N-ethyl adjacent to an activating group) is 1. The maximum atomic E-state index is 12.5. The highest BCUT2D eigenvalue weighted by molar-refractivity contribution is 5.84. The summed E-state index contributed by atoms with van der Waals surface area (Å²) in [5.74, 6) is 1.05. The fourth-order valence-corrected chi connectivity index (χ4v) is 3.22. The van der Waals surface area contributed by atoms with E-state index < -0.39 is 5.60 Å². The number of nitrogens with zero attached hydrogens (tertiary/aromatic N) is 2. The summed E-state index contributed by atoms with van der Waals surface area (Å²) in [7, 11) is 1.82. The van der Waals surface area contributed by atoms with Gasteiger partial charge in [0.15, 0.2) is 0 Å². The number of aromatic nitrogens is 1. The molecule has 0 aromatic carbocycles. The number of fused-ring (bicyclic) bond motifs is 1. The zero-order chi connectivity index (χ0) is 14.2. The summed E-state index contributed by atoms with van der Waals surface area (Å²) >= 11 is 0. The van der Waals surface area contributed by atoms with Gasteiger partial charge in [0, 0.05) is 25.6 Å². The van der Waals surface area contributed by atoms with Gasteiger partial charge in [0.2, 0.25) is 0 Å². The average molecular weight is 278 g/mol. The lowest BCUT2D eigenvalue weighted by Crippen LogP contribution is -2.44. The molecule has 2 aliphatic rings. The van der Waals surface area contributed by atoms with Crippen LogP contribution in [0.4, 0.5) is 0 Å². The van der Waals surface area contributed by atoms with Crippen LogP contribution in [0, 0.1) is 0 Å². The van der Waals surface area contributed by atoms with E-state index in [9.17, 15) is 4.79 Å². The minimum absolute atomic E-state index is 0.0440. The summed E-state index contributed by atoms with van der Waals surface area (Å²) in [5, 5.41) is 4.16. The Morgan fingerprint density at radius 3 is 2.90 bits per heavy atom. The SMILES string of the molecule is CN(Cc1noc2c1CCCC2)C(=O)[C@]1(C)CCCO1. The molecule has 110 valence electrons. The van der Waals surface area contributed by atoms with Crippen LogP contribution in [0.1, 0.15) is 49.6 Å². The molecule has 1 aliphatic heterocycles. The van der Waals surface area contributed by atoms with Gasteiger partial charge in [-0.05, 0) is 39.0 Å². The topological polar surface area (TPSA) is 55.6 Å². The van der Waals surface area contributed by atoms with Crippen LogP contribution in [0.5, 0.6) is 0 Å². The lowest BCUT2D eigenvalue weighted by molar-refractivity contribution is -0.150. The minimum Gasteiger partial charge on any atom is -0.365 e. The molecule has 1 aliphatic carbocycles. The Labute approximate surface area is 119 Å². The first kappa shape index (κ1) is 13.6. The van der Waals surface area contributed by atoms with Crippen LogP contribution in [0.3, 0.4) is 0 Å². The summed E-state index contributed by atoms with van der Waals surface area (Å²) in [6.07, 6.45) is 6.09. The Bertz CT molecular complexity index is 503. The highest BCUT2D eigenvalue weighted by atomic mass is 16.5. The van der Waals surface area contributed by atoms with Gasteiger partial charge in [-0.3, -0.25) is 4.79 Å². The normalized spacial score (nSPS) is 25.5. The standard InChI is InChI=1S/C15H22N2O3/c1-15(8-5-9-19-15)14(18)17(2)10-12-11-6-3-4-7-13(11)20-16-12/h3-10H2,1-2H3/t15-/m0/s1. The van der Waals surface area contributed by atoms with E-state index in [0.29, 0.717) is 13.2 Å². The van der Waals surface area contributed by atoms with Crippen molar-refractivity contribution in [2.24, 2.45) is 0 Å². The first-order chi connectivity index (χ1) is 9.60. The Kier molecular flexibility index (Phi) is 3.54. The van der Waals surface area contributed by atoms with E-state index in [1.54, 1.807) is 4.90 Å². The lowest BCUT2D eigenvalue weighted by Gasteiger charge is -2.28. The third kappa shape index (κ3) is 2.35. The van der Waals surface area contributed by atoms with Crippen molar-refractivity contribution in [3.63, 3.8) is 0 Å². The van der Waals surface area contributed by atoms with E-state index in [1.807, 2.05) is 14.0 Å².